The van der Waals surface area contributed by atoms with Crippen molar-refractivity contribution in [3.63, 3.8) is 0 Å². The van der Waals surface area contributed by atoms with Crippen molar-refractivity contribution >= 4 is 39.3 Å². The quantitative estimate of drug-likeness (QED) is 0.529. The van der Waals surface area contributed by atoms with Crippen LogP contribution in [-0.4, -0.2) is 49.9 Å². The van der Waals surface area contributed by atoms with Crippen LogP contribution >= 0.6 is 11.8 Å². The molecule has 2 amide bonds. The number of benzene rings is 2. The van der Waals surface area contributed by atoms with E-state index in [0.29, 0.717) is 24.1 Å². The van der Waals surface area contributed by atoms with Gasteiger partial charge in [-0.15, -0.1) is 11.8 Å². The molecule has 2 aromatic rings. The van der Waals surface area contributed by atoms with Crippen LogP contribution in [0.1, 0.15) is 55.3 Å². The summed E-state index contributed by atoms with van der Waals surface area (Å²) < 4.78 is 27.5. The van der Waals surface area contributed by atoms with Crippen molar-refractivity contribution in [3.8, 4) is 0 Å². The summed E-state index contributed by atoms with van der Waals surface area (Å²) in [4.78, 5) is 27.2. The average molecular weight is 516 g/mol. The molecule has 2 fully saturated rings. The van der Waals surface area contributed by atoms with E-state index >= 15 is 0 Å². The van der Waals surface area contributed by atoms with Gasteiger partial charge in [0.2, 0.25) is 15.9 Å². The van der Waals surface area contributed by atoms with Crippen LogP contribution in [0.3, 0.4) is 0 Å². The van der Waals surface area contributed by atoms with E-state index in [1.54, 1.807) is 60.3 Å². The van der Waals surface area contributed by atoms with Crippen molar-refractivity contribution in [1.82, 2.24) is 9.62 Å². The molecule has 1 saturated carbocycles. The number of hydrogen-bond acceptors (Lipinski definition) is 5. The number of hydrogen-bond donors (Lipinski definition) is 2. The van der Waals surface area contributed by atoms with E-state index in [2.05, 4.69) is 10.6 Å². The lowest BCUT2D eigenvalue weighted by Gasteiger charge is -2.30. The van der Waals surface area contributed by atoms with E-state index in [-0.39, 0.29) is 41.8 Å². The van der Waals surface area contributed by atoms with Gasteiger partial charge in [-0.1, -0.05) is 31.4 Å². The van der Waals surface area contributed by atoms with Gasteiger partial charge in [0.15, 0.2) is 0 Å². The van der Waals surface area contributed by atoms with E-state index in [1.165, 1.54) is 10.7 Å². The van der Waals surface area contributed by atoms with Gasteiger partial charge >= 0.3 is 0 Å². The second-order valence-electron chi connectivity index (χ2n) is 9.20. The predicted molar refractivity (Wildman–Crippen MR) is 139 cm³/mol. The Morgan fingerprint density at radius 1 is 0.914 bits per heavy atom. The summed E-state index contributed by atoms with van der Waals surface area (Å²) in [7, 11) is -3.59. The number of rotatable bonds is 7. The number of sulfonamides is 1. The van der Waals surface area contributed by atoms with Crippen molar-refractivity contribution < 1.29 is 18.0 Å². The van der Waals surface area contributed by atoms with E-state index < -0.39 is 10.0 Å². The van der Waals surface area contributed by atoms with Crippen molar-refractivity contribution in [2.24, 2.45) is 5.92 Å². The number of para-hydroxylation sites is 1. The van der Waals surface area contributed by atoms with Crippen molar-refractivity contribution in [2.45, 2.75) is 60.8 Å². The Morgan fingerprint density at radius 2 is 1.57 bits per heavy atom. The molecule has 2 aliphatic rings. The van der Waals surface area contributed by atoms with Crippen LogP contribution in [0, 0.1) is 5.92 Å². The summed E-state index contributed by atoms with van der Waals surface area (Å²) in [6.07, 6.45) is 8.26. The summed E-state index contributed by atoms with van der Waals surface area (Å²) in [6.45, 7) is 0.572. The first kappa shape index (κ1) is 25.7. The maximum atomic E-state index is 13.0. The largest absolute Gasteiger partial charge is 0.349 e. The van der Waals surface area contributed by atoms with Gasteiger partial charge in [-0.25, -0.2) is 8.42 Å². The molecule has 0 radical (unpaired) electrons. The normalized spacial score (nSPS) is 18.2. The molecule has 1 aliphatic carbocycles. The van der Waals surface area contributed by atoms with Gasteiger partial charge in [-0.3, -0.25) is 9.59 Å². The molecule has 0 bridgehead atoms. The molecule has 7 nitrogen and oxygen atoms in total. The van der Waals surface area contributed by atoms with Gasteiger partial charge in [-0.05, 0) is 68.3 Å². The summed E-state index contributed by atoms with van der Waals surface area (Å²) in [6, 6.07) is 14.1. The fourth-order valence-electron chi connectivity index (χ4n) is 4.79. The second-order valence-corrected chi connectivity index (χ2v) is 12.0. The van der Waals surface area contributed by atoms with Crippen LogP contribution in [0.2, 0.25) is 0 Å². The highest BCUT2D eigenvalue weighted by Gasteiger charge is 2.32. The third-order valence-electron chi connectivity index (χ3n) is 6.89. The predicted octanol–water partition coefficient (Wildman–Crippen LogP) is 4.51. The second kappa shape index (κ2) is 11.6. The first-order chi connectivity index (χ1) is 16.9. The monoisotopic (exact) mass is 515 g/mol. The van der Waals surface area contributed by atoms with Crippen LogP contribution in [0.5, 0.6) is 0 Å². The van der Waals surface area contributed by atoms with Crippen molar-refractivity contribution in [3.05, 3.63) is 54.1 Å². The van der Waals surface area contributed by atoms with Crippen LogP contribution in [-0.2, 0) is 14.8 Å². The number of nitrogens with zero attached hydrogens (tertiary/aromatic N) is 1. The Bertz CT molecular complexity index is 1140. The zero-order valence-electron chi connectivity index (χ0n) is 20.0. The molecule has 2 N–H and O–H groups in total. The van der Waals surface area contributed by atoms with Gasteiger partial charge in [0.25, 0.3) is 5.91 Å². The molecule has 0 unspecified atom stereocenters. The van der Waals surface area contributed by atoms with Gasteiger partial charge in [0, 0.05) is 29.9 Å². The highest BCUT2D eigenvalue weighted by atomic mass is 32.2. The number of anilines is 1. The third kappa shape index (κ3) is 6.26. The van der Waals surface area contributed by atoms with Gasteiger partial charge in [-0.2, -0.15) is 4.31 Å². The molecule has 1 aliphatic heterocycles. The number of carbonyl (C=O) groups excluding carboxylic acids is 2. The fourth-order valence-corrected chi connectivity index (χ4v) is 6.67. The topological polar surface area (TPSA) is 95.6 Å². The molecule has 0 spiro atoms. The summed E-state index contributed by atoms with van der Waals surface area (Å²) in [5.74, 6) is -0.653. The highest BCUT2D eigenvalue weighted by molar-refractivity contribution is 7.98. The molecular weight excluding hydrogens is 482 g/mol. The molecule has 9 heteroatoms. The summed E-state index contributed by atoms with van der Waals surface area (Å²) in [5.41, 5.74) is 0.954. The molecule has 1 saturated heterocycles. The van der Waals surface area contributed by atoms with E-state index in [0.717, 1.165) is 30.6 Å². The zero-order chi connectivity index (χ0) is 24.8. The summed E-state index contributed by atoms with van der Waals surface area (Å²) in [5, 5.41) is 6.03. The molecule has 0 atom stereocenters. The first-order valence-electron chi connectivity index (χ1n) is 12.2. The van der Waals surface area contributed by atoms with E-state index in [1.807, 2.05) is 6.26 Å². The van der Waals surface area contributed by atoms with E-state index in [9.17, 15) is 18.0 Å². The SMILES string of the molecule is CSc1ccc(S(=O)(=O)N2CCC(C(=O)Nc3ccccc3C(=O)NC3CCCCC3)CC2)cc1. The smallest absolute Gasteiger partial charge is 0.253 e. The van der Waals surface area contributed by atoms with E-state index in [4.69, 9.17) is 0 Å². The Hall–Kier alpha value is -2.36. The Labute approximate surface area is 212 Å². The average Bonchev–Trinajstić information content (AvgIpc) is 2.89. The van der Waals surface area contributed by atoms with Crippen molar-refractivity contribution in [1.29, 1.82) is 0 Å². The van der Waals surface area contributed by atoms with Gasteiger partial charge in [0.05, 0.1) is 16.1 Å². The highest BCUT2D eigenvalue weighted by Crippen LogP contribution is 2.27. The van der Waals surface area contributed by atoms with Crippen LogP contribution in [0.4, 0.5) is 5.69 Å². The third-order valence-corrected chi connectivity index (χ3v) is 9.55. The minimum absolute atomic E-state index is 0.166. The maximum absolute atomic E-state index is 13.0. The lowest BCUT2D eigenvalue weighted by atomic mass is 9.95. The number of nitrogens with one attached hydrogen (secondary N) is 2. The summed E-state index contributed by atoms with van der Waals surface area (Å²) >= 11 is 1.56. The minimum atomic E-state index is -3.59. The van der Waals surface area contributed by atoms with Crippen LogP contribution in [0.25, 0.3) is 0 Å². The van der Waals surface area contributed by atoms with Gasteiger partial charge < -0.3 is 10.6 Å². The molecule has 4 rings (SSSR count). The first-order valence-corrected chi connectivity index (χ1v) is 14.9. The number of piperidine rings is 1. The number of amides is 2. The Morgan fingerprint density at radius 3 is 2.23 bits per heavy atom. The lowest BCUT2D eigenvalue weighted by molar-refractivity contribution is -0.120. The molecule has 2 aromatic carbocycles. The number of thioether (sulfide) groups is 1. The number of carbonyl (C=O) groups is 2. The fraction of sp³-hybridized carbons (Fsp3) is 0.462. The molecular formula is C26H33N3O4S2. The minimum Gasteiger partial charge on any atom is -0.349 e. The zero-order valence-corrected chi connectivity index (χ0v) is 21.7. The molecule has 1 heterocycles. The Balaban J connectivity index is 1.35. The van der Waals surface area contributed by atoms with Crippen LogP contribution < -0.4 is 10.6 Å². The maximum Gasteiger partial charge on any atom is 0.253 e. The van der Waals surface area contributed by atoms with Crippen molar-refractivity contribution in [2.75, 3.05) is 24.7 Å². The molecule has 35 heavy (non-hydrogen) atoms. The molecule has 0 aromatic heterocycles. The standard InChI is InChI=1S/C26H33N3O4S2/c1-34-21-11-13-22(14-12-21)35(32,33)29-17-15-19(16-18-29)25(30)28-24-10-6-5-9-23(24)26(31)27-20-7-3-2-4-8-20/h5-6,9-14,19-20H,2-4,7-8,15-18H2,1H3,(H,27,31)(H,28,30). The van der Waals surface area contributed by atoms with Gasteiger partial charge in [0.1, 0.15) is 0 Å². The molecule has 188 valence electrons. The lowest BCUT2D eigenvalue weighted by Crippen LogP contribution is -2.41. The Kier molecular flexibility index (Phi) is 8.51. The van der Waals surface area contributed by atoms with Crippen LogP contribution in [0.15, 0.2) is 58.3 Å².